The number of hydrogen-bond acceptors (Lipinski definition) is 4. The number of ether oxygens (including phenoxy) is 1. The number of benzene rings is 1. The van der Waals surface area contributed by atoms with Crippen LogP contribution < -0.4 is 16.3 Å². The molecular weight excluding hydrogens is 218 g/mol. The van der Waals surface area contributed by atoms with Crippen molar-refractivity contribution in [1.29, 1.82) is 0 Å². The van der Waals surface area contributed by atoms with Crippen LogP contribution in [-0.4, -0.2) is 25.1 Å². The van der Waals surface area contributed by atoms with Gasteiger partial charge < -0.3 is 10.5 Å². The molecule has 1 atom stereocenters. The number of methoxy groups -OCH3 is 1. The summed E-state index contributed by atoms with van der Waals surface area (Å²) in [5, 5.41) is 0.985. The maximum absolute atomic E-state index is 11.7. The van der Waals surface area contributed by atoms with Gasteiger partial charge in [-0.2, -0.15) is 0 Å². The van der Waals surface area contributed by atoms with Gasteiger partial charge in [-0.15, -0.1) is 0 Å². The third-order valence-corrected chi connectivity index (χ3v) is 2.79. The first-order chi connectivity index (χ1) is 7.88. The molecule has 5 nitrogen and oxygen atoms in total. The monoisotopic (exact) mass is 237 g/mol. The number of nitrogens with zero attached hydrogens (tertiary/aromatic N) is 1. The second-order valence-electron chi connectivity index (χ2n) is 4.11. The Morgan fingerprint density at radius 3 is 2.35 bits per heavy atom. The van der Waals surface area contributed by atoms with Crippen LogP contribution in [0.3, 0.4) is 0 Å². The lowest BCUT2D eigenvalue weighted by Gasteiger charge is -2.19. The molecular formula is C12H19N3O2. The molecule has 0 aromatic heterocycles. The number of aryl methyl sites for hydroxylation is 2. The van der Waals surface area contributed by atoms with Crippen LogP contribution in [0, 0.1) is 13.8 Å². The molecule has 0 aliphatic rings. The predicted molar refractivity (Wildman–Crippen MR) is 66.4 cm³/mol. The Morgan fingerprint density at radius 2 is 1.88 bits per heavy atom. The van der Waals surface area contributed by atoms with Gasteiger partial charge in [0.2, 0.25) is 0 Å². The Hall–Kier alpha value is -1.59. The van der Waals surface area contributed by atoms with Crippen LogP contribution in [-0.2, 0) is 4.79 Å². The molecule has 1 amide bonds. The molecule has 1 aromatic carbocycles. The van der Waals surface area contributed by atoms with Crippen molar-refractivity contribution < 1.29 is 9.53 Å². The molecule has 17 heavy (non-hydrogen) atoms. The first-order valence-corrected chi connectivity index (χ1v) is 5.31. The Labute approximate surface area is 101 Å². The van der Waals surface area contributed by atoms with Gasteiger partial charge in [-0.1, -0.05) is 6.07 Å². The summed E-state index contributed by atoms with van der Waals surface area (Å²) in [6.07, 6.45) is 0. The zero-order valence-electron chi connectivity index (χ0n) is 10.7. The molecule has 0 bridgehead atoms. The highest BCUT2D eigenvalue weighted by molar-refractivity contribution is 5.83. The van der Waals surface area contributed by atoms with E-state index in [2.05, 4.69) is 0 Å². The van der Waals surface area contributed by atoms with E-state index in [1.165, 1.54) is 7.05 Å². The molecule has 4 N–H and O–H groups in total. The lowest BCUT2D eigenvalue weighted by molar-refractivity contribution is -0.131. The predicted octanol–water partition coefficient (Wildman–Crippen LogP) is 0.644. The van der Waals surface area contributed by atoms with Crippen molar-refractivity contribution in [3.05, 3.63) is 28.8 Å². The molecule has 0 saturated carbocycles. The largest absolute Gasteiger partial charge is 0.496 e. The average Bonchev–Trinajstić information content (AvgIpc) is 2.29. The van der Waals surface area contributed by atoms with Gasteiger partial charge in [0.15, 0.2) is 0 Å². The Morgan fingerprint density at radius 1 is 1.35 bits per heavy atom. The van der Waals surface area contributed by atoms with Crippen LogP contribution in [0.25, 0.3) is 0 Å². The summed E-state index contributed by atoms with van der Waals surface area (Å²) in [6.45, 7) is 3.94. The summed E-state index contributed by atoms with van der Waals surface area (Å²) in [4.78, 5) is 11.7. The van der Waals surface area contributed by atoms with E-state index < -0.39 is 6.04 Å². The number of carbonyl (C=O) groups excluding carboxylic acids is 1. The minimum Gasteiger partial charge on any atom is -0.496 e. The molecule has 1 rings (SSSR count). The van der Waals surface area contributed by atoms with E-state index in [0.29, 0.717) is 11.3 Å². The molecule has 1 unspecified atom stereocenters. The third kappa shape index (κ3) is 2.75. The number of hydrogen-bond donors (Lipinski definition) is 2. The van der Waals surface area contributed by atoms with Crippen LogP contribution in [0.2, 0.25) is 0 Å². The number of nitrogens with two attached hydrogens (primary N) is 2. The molecule has 0 fully saturated rings. The van der Waals surface area contributed by atoms with Gasteiger partial charge >= 0.3 is 0 Å². The van der Waals surface area contributed by atoms with Crippen molar-refractivity contribution in [1.82, 2.24) is 5.01 Å². The quantitative estimate of drug-likeness (QED) is 0.459. The van der Waals surface area contributed by atoms with Gasteiger partial charge in [0, 0.05) is 12.6 Å². The second kappa shape index (κ2) is 5.16. The minimum absolute atomic E-state index is 0.355. The maximum atomic E-state index is 11.7. The summed E-state index contributed by atoms with van der Waals surface area (Å²) in [6, 6.07) is 2.92. The van der Waals surface area contributed by atoms with Crippen LogP contribution in [0.1, 0.15) is 22.7 Å². The van der Waals surface area contributed by atoms with Crippen LogP contribution in [0.4, 0.5) is 0 Å². The standard InChI is InChI=1S/C12H19N3O2/c1-7-5-9(10(17-4)6-8(7)2)11(13)12(16)15(3)14/h5-6,11H,13-14H2,1-4H3. The average molecular weight is 237 g/mol. The van der Waals surface area contributed by atoms with Gasteiger partial charge in [0.1, 0.15) is 11.8 Å². The van der Waals surface area contributed by atoms with Crippen molar-refractivity contribution in [3.63, 3.8) is 0 Å². The topological polar surface area (TPSA) is 81.6 Å². The van der Waals surface area contributed by atoms with Crippen LogP contribution in [0.15, 0.2) is 12.1 Å². The van der Waals surface area contributed by atoms with E-state index in [9.17, 15) is 4.79 Å². The Balaban J connectivity index is 3.21. The van der Waals surface area contributed by atoms with Gasteiger partial charge in [0.25, 0.3) is 5.91 Å². The summed E-state index contributed by atoms with van der Waals surface area (Å²) >= 11 is 0. The first-order valence-electron chi connectivity index (χ1n) is 5.31. The van der Waals surface area contributed by atoms with Crippen molar-refractivity contribution in [2.75, 3.05) is 14.2 Å². The van der Waals surface area contributed by atoms with Gasteiger partial charge in [-0.3, -0.25) is 9.80 Å². The lowest BCUT2D eigenvalue weighted by atomic mass is 9.99. The minimum atomic E-state index is -0.806. The van der Waals surface area contributed by atoms with Crippen LogP contribution in [0.5, 0.6) is 5.75 Å². The molecule has 0 heterocycles. The molecule has 5 heteroatoms. The molecule has 0 saturated heterocycles. The van der Waals surface area contributed by atoms with Crippen molar-refractivity contribution in [3.8, 4) is 5.75 Å². The fraction of sp³-hybridized carbons (Fsp3) is 0.417. The second-order valence-corrected chi connectivity index (χ2v) is 4.11. The first kappa shape index (κ1) is 13.5. The fourth-order valence-electron chi connectivity index (χ4n) is 1.58. The maximum Gasteiger partial charge on any atom is 0.257 e. The number of rotatable bonds is 3. The van der Waals surface area contributed by atoms with E-state index in [1.807, 2.05) is 26.0 Å². The number of amides is 1. The van der Waals surface area contributed by atoms with E-state index in [-0.39, 0.29) is 5.91 Å². The highest BCUT2D eigenvalue weighted by Gasteiger charge is 2.22. The summed E-state index contributed by atoms with van der Waals surface area (Å²) in [5.74, 6) is 5.65. The highest BCUT2D eigenvalue weighted by Crippen LogP contribution is 2.27. The number of hydrazine groups is 1. The van der Waals surface area contributed by atoms with E-state index in [1.54, 1.807) is 7.11 Å². The molecule has 94 valence electrons. The van der Waals surface area contributed by atoms with Crippen molar-refractivity contribution in [2.45, 2.75) is 19.9 Å². The van der Waals surface area contributed by atoms with E-state index in [0.717, 1.165) is 16.1 Å². The number of likely N-dealkylation sites (N-methyl/N-ethyl adjacent to an activating group) is 1. The summed E-state index contributed by atoms with van der Waals surface area (Å²) in [5.41, 5.74) is 8.68. The molecule has 0 aliphatic heterocycles. The summed E-state index contributed by atoms with van der Waals surface area (Å²) in [7, 11) is 3.02. The zero-order valence-corrected chi connectivity index (χ0v) is 10.7. The van der Waals surface area contributed by atoms with Crippen molar-refractivity contribution >= 4 is 5.91 Å². The van der Waals surface area contributed by atoms with Gasteiger partial charge in [0.05, 0.1) is 7.11 Å². The highest BCUT2D eigenvalue weighted by atomic mass is 16.5. The zero-order chi connectivity index (χ0) is 13.2. The molecule has 0 aliphatic carbocycles. The lowest BCUT2D eigenvalue weighted by Crippen LogP contribution is -2.40. The molecule has 0 spiro atoms. The normalized spacial score (nSPS) is 12.1. The van der Waals surface area contributed by atoms with Gasteiger partial charge in [-0.25, -0.2) is 5.84 Å². The van der Waals surface area contributed by atoms with Crippen molar-refractivity contribution in [2.24, 2.45) is 11.6 Å². The fourth-order valence-corrected chi connectivity index (χ4v) is 1.58. The van der Waals surface area contributed by atoms with E-state index >= 15 is 0 Å². The SMILES string of the molecule is COc1cc(C)c(C)cc1C(N)C(=O)N(C)N. The van der Waals surface area contributed by atoms with E-state index in [4.69, 9.17) is 16.3 Å². The smallest absolute Gasteiger partial charge is 0.257 e. The Kier molecular flexibility index (Phi) is 4.09. The molecule has 1 aromatic rings. The number of carbonyl (C=O) groups is 1. The van der Waals surface area contributed by atoms with Gasteiger partial charge in [-0.05, 0) is 31.0 Å². The van der Waals surface area contributed by atoms with Crippen LogP contribution >= 0.6 is 0 Å². The Bertz CT molecular complexity index is 430. The third-order valence-electron chi connectivity index (χ3n) is 2.79. The summed E-state index contributed by atoms with van der Waals surface area (Å²) < 4.78 is 5.24. The molecule has 0 radical (unpaired) electrons.